The van der Waals surface area contributed by atoms with Crippen LogP contribution in [0.3, 0.4) is 0 Å². The molecule has 3 aromatic heterocycles. The summed E-state index contributed by atoms with van der Waals surface area (Å²) < 4.78 is 3.47. The molecule has 0 fully saturated rings. The first-order chi connectivity index (χ1) is 15.2. The molecular weight excluding hydrogens is 388 g/mol. The second-order valence-corrected chi connectivity index (χ2v) is 7.33. The molecule has 1 amide bonds. The molecule has 5 aromatic rings. The lowest BCUT2D eigenvalue weighted by Gasteiger charge is -2.06. The van der Waals surface area contributed by atoms with Crippen LogP contribution in [0.25, 0.3) is 16.9 Å². The van der Waals surface area contributed by atoms with E-state index in [0.717, 1.165) is 16.8 Å². The third-order valence-corrected chi connectivity index (χ3v) is 5.06. The molecule has 2 aromatic carbocycles. The third-order valence-electron chi connectivity index (χ3n) is 5.06. The number of nitrogens with one attached hydrogen (secondary N) is 1. The largest absolute Gasteiger partial charge is 0.305 e. The Bertz CT molecular complexity index is 1350. The summed E-state index contributed by atoms with van der Waals surface area (Å²) in [6.07, 6.45) is 5.07. The van der Waals surface area contributed by atoms with Crippen LogP contribution in [-0.2, 0) is 6.54 Å². The summed E-state index contributed by atoms with van der Waals surface area (Å²) in [5.74, 6) is 0.184. The first-order valence-corrected chi connectivity index (χ1v) is 9.96. The zero-order valence-corrected chi connectivity index (χ0v) is 16.9. The minimum Gasteiger partial charge on any atom is -0.305 e. The Kier molecular flexibility index (Phi) is 4.76. The van der Waals surface area contributed by atoms with Gasteiger partial charge in [-0.15, -0.1) is 0 Å². The van der Waals surface area contributed by atoms with E-state index in [4.69, 9.17) is 0 Å². The Hall–Kier alpha value is -4.26. The minimum absolute atomic E-state index is 0.298. The number of carbonyl (C=O) groups is 1. The van der Waals surface area contributed by atoms with Crippen molar-refractivity contribution in [3.8, 4) is 11.3 Å². The highest BCUT2D eigenvalue weighted by molar-refractivity contribution is 6.07. The fraction of sp³-hybridized carbons (Fsp3) is 0.0833. The predicted molar refractivity (Wildman–Crippen MR) is 119 cm³/mol. The number of amides is 1. The monoisotopic (exact) mass is 408 g/mol. The van der Waals surface area contributed by atoms with Crippen LogP contribution >= 0.6 is 0 Å². The van der Waals surface area contributed by atoms with E-state index in [1.807, 2.05) is 73.8 Å². The van der Waals surface area contributed by atoms with Crippen molar-refractivity contribution in [2.24, 2.45) is 0 Å². The highest BCUT2D eigenvalue weighted by Gasteiger charge is 2.17. The SMILES string of the molecule is Cc1ccc(-c2ccnc3c(C(=O)Nc4ccn(Cc5ccccc5)n4)cnn23)cc1. The first kappa shape index (κ1) is 18.7. The third kappa shape index (κ3) is 3.81. The maximum Gasteiger partial charge on any atom is 0.262 e. The van der Waals surface area contributed by atoms with Crippen LogP contribution in [0.1, 0.15) is 21.5 Å². The second-order valence-electron chi connectivity index (χ2n) is 7.33. The van der Waals surface area contributed by atoms with Gasteiger partial charge in [-0.1, -0.05) is 60.2 Å². The molecule has 0 aliphatic heterocycles. The average molecular weight is 408 g/mol. The quantitative estimate of drug-likeness (QED) is 0.473. The molecule has 0 saturated heterocycles. The van der Waals surface area contributed by atoms with Gasteiger partial charge in [0.05, 0.1) is 18.4 Å². The number of nitrogens with zero attached hydrogens (tertiary/aromatic N) is 5. The molecule has 5 rings (SSSR count). The van der Waals surface area contributed by atoms with E-state index in [2.05, 4.69) is 20.5 Å². The highest BCUT2D eigenvalue weighted by Crippen LogP contribution is 2.22. The van der Waals surface area contributed by atoms with E-state index in [1.165, 1.54) is 11.8 Å². The van der Waals surface area contributed by atoms with Gasteiger partial charge in [0.15, 0.2) is 11.5 Å². The lowest BCUT2D eigenvalue weighted by Crippen LogP contribution is -2.13. The standard InChI is InChI=1S/C24H20N6O/c1-17-7-9-19(10-8-17)21-11-13-25-23-20(15-26-30(21)23)24(31)27-22-12-14-29(28-22)16-18-5-3-2-4-6-18/h2-15H,16H2,1H3,(H,27,28,31). The molecule has 0 radical (unpaired) electrons. The van der Waals surface area contributed by atoms with Gasteiger partial charge < -0.3 is 5.32 Å². The Morgan fingerprint density at radius 2 is 1.81 bits per heavy atom. The van der Waals surface area contributed by atoms with Gasteiger partial charge in [0.1, 0.15) is 5.56 Å². The predicted octanol–water partition coefficient (Wildman–Crippen LogP) is 4.20. The number of fused-ring (bicyclic) bond motifs is 1. The zero-order chi connectivity index (χ0) is 21.2. The summed E-state index contributed by atoms with van der Waals surface area (Å²) in [5.41, 5.74) is 5.09. The van der Waals surface area contributed by atoms with Crippen molar-refractivity contribution < 1.29 is 4.79 Å². The summed E-state index contributed by atoms with van der Waals surface area (Å²) in [6.45, 7) is 2.68. The molecule has 0 aliphatic rings. The van der Waals surface area contributed by atoms with E-state index < -0.39 is 0 Å². The van der Waals surface area contributed by atoms with Gasteiger partial charge in [-0.25, -0.2) is 9.50 Å². The van der Waals surface area contributed by atoms with Gasteiger partial charge in [0.25, 0.3) is 5.91 Å². The topological polar surface area (TPSA) is 77.1 Å². The fourth-order valence-corrected chi connectivity index (χ4v) is 3.47. The summed E-state index contributed by atoms with van der Waals surface area (Å²) in [5, 5.41) is 11.7. The minimum atomic E-state index is -0.298. The van der Waals surface area contributed by atoms with Crippen molar-refractivity contribution >= 4 is 17.4 Å². The van der Waals surface area contributed by atoms with Gasteiger partial charge in [-0.05, 0) is 18.6 Å². The van der Waals surface area contributed by atoms with Gasteiger partial charge in [0, 0.05) is 24.0 Å². The Morgan fingerprint density at radius 3 is 2.61 bits per heavy atom. The fourth-order valence-electron chi connectivity index (χ4n) is 3.47. The molecule has 0 aliphatic carbocycles. The van der Waals surface area contributed by atoms with Crippen LogP contribution < -0.4 is 5.32 Å². The average Bonchev–Trinajstić information content (AvgIpc) is 3.42. The van der Waals surface area contributed by atoms with Gasteiger partial charge in [0.2, 0.25) is 0 Å². The van der Waals surface area contributed by atoms with Crippen molar-refractivity contribution in [3.63, 3.8) is 0 Å². The number of aryl methyl sites for hydroxylation is 1. The van der Waals surface area contributed by atoms with E-state index in [0.29, 0.717) is 23.6 Å². The molecule has 1 N–H and O–H groups in total. The van der Waals surface area contributed by atoms with Crippen molar-refractivity contribution in [1.82, 2.24) is 24.4 Å². The number of hydrogen-bond donors (Lipinski definition) is 1. The smallest absolute Gasteiger partial charge is 0.262 e. The van der Waals surface area contributed by atoms with Gasteiger partial charge >= 0.3 is 0 Å². The van der Waals surface area contributed by atoms with Crippen molar-refractivity contribution in [2.45, 2.75) is 13.5 Å². The van der Waals surface area contributed by atoms with Crippen molar-refractivity contribution in [1.29, 1.82) is 0 Å². The van der Waals surface area contributed by atoms with Crippen LogP contribution in [-0.4, -0.2) is 30.3 Å². The number of hydrogen-bond acceptors (Lipinski definition) is 4. The Balaban J connectivity index is 1.38. The van der Waals surface area contributed by atoms with E-state index in [-0.39, 0.29) is 5.91 Å². The molecule has 31 heavy (non-hydrogen) atoms. The van der Waals surface area contributed by atoms with Gasteiger partial charge in [-0.3, -0.25) is 9.48 Å². The summed E-state index contributed by atoms with van der Waals surface area (Å²) in [4.78, 5) is 17.3. The van der Waals surface area contributed by atoms with Crippen LogP contribution in [0.4, 0.5) is 5.82 Å². The molecule has 152 valence electrons. The summed E-state index contributed by atoms with van der Waals surface area (Å²) in [6, 6.07) is 21.9. The molecule has 0 bridgehead atoms. The number of carbonyl (C=O) groups excluding carboxylic acids is 1. The van der Waals surface area contributed by atoms with Gasteiger partial charge in [-0.2, -0.15) is 10.2 Å². The normalized spacial score (nSPS) is 11.0. The zero-order valence-electron chi connectivity index (χ0n) is 16.9. The molecule has 0 spiro atoms. The Labute approximate surface area is 179 Å². The maximum absolute atomic E-state index is 12.9. The molecule has 7 heteroatoms. The second kappa shape index (κ2) is 7.87. The van der Waals surface area contributed by atoms with E-state index >= 15 is 0 Å². The van der Waals surface area contributed by atoms with E-state index in [1.54, 1.807) is 21.5 Å². The Morgan fingerprint density at radius 1 is 1.00 bits per heavy atom. The van der Waals surface area contributed by atoms with Crippen LogP contribution in [0, 0.1) is 6.92 Å². The summed E-state index contributed by atoms with van der Waals surface area (Å²) >= 11 is 0. The van der Waals surface area contributed by atoms with Crippen molar-refractivity contribution in [2.75, 3.05) is 5.32 Å². The van der Waals surface area contributed by atoms with E-state index in [9.17, 15) is 4.79 Å². The molecule has 0 saturated carbocycles. The number of anilines is 1. The number of aromatic nitrogens is 5. The number of rotatable bonds is 5. The molecule has 3 heterocycles. The van der Waals surface area contributed by atoms with Crippen LogP contribution in [0.2, 0.25) is 0 Å². The van der Waals surface area contributed by atoms with Crippen LogP contribution in [0.15, 0.2) is 85.3 Å². The molecule has 0 unspecified atom stereocenters. The lowest BCUT2D eigenvalue weighted by molar-refractivity contribution is 0.102. The first-order valence-electron chi connectivity index (χ1n) is 9.96. The van der Waals surface area contributed by atoms with Crippen molar-refractivity contribution in [3.05, 3.63) is 102 Å². The maximum atomic E-state index is 12.9. The van der Waals surface area contributed by atoms with Crippen LogP contribution in [0.5, 0.6) is 0 Å². The highest BCUT2D eigenvalue weighted by atomic mass is 16.1. The molecule has 0 atom stereocenters. The summed E-state index contributed by atoms with van der Waals surface area (Å²) in [7, 11) is 0. The molecule has 7 nitrogen and oxygen atoms in total. The number of benzene rings is 2. The molecular formula is C24H20N6O. The lowest BCUT2D eigenvalue weighted by atomic mass is 10.1.